The lowest BCUT2D eigenvalue weighted by molar-refractivity contribution is 0.353. The summed E-state index contributed by atoms with van der Waals surface area (Å²) in [4.78, 5) is 0. The zero-order valence-corrected chi connectivity index (χ0v) is 8.34. The number of nitrogens with zero attached hydrogens (tertiary/aromatic N) is 2. The highest BCUT2D eigenvalue weighted by molar-refractivity contribution is 7.89. The molecule has 5 heteroatoms. The standard InChI is InChI=1S/C7H15N2O2S/c1-7(2)12(10,11)9-5-3-8-4-6-9/h7H,3-6H2,1-2H3. The van der Waals surface area contributed by atoms with E-state index < -0.39 is 10.0 Å². The molecule has 12 heavy (non-hydrogen) atoms. The molecule has 1 rings (SSSR count). The smallest absolute Gasteiger partial charge is 0.216 e. The second-order valence-corrected chi connectivity index (χ2v) is 5.65. The summed E-state index contributed by atoms with van der Waals surface area (Å²) >= 11 is 0. The van der Waals surface area contributed by atoms with Gasteiger partial charge in [0.15, 0.2) is 0 Å². The molecular formula is C7H15N2O2S. The molecule has 0 spiro atoms. The number of sulfonamides is 1. The Balaban J connectivity index is 2.67. The lowest BCUT2D eigenvalue weighted by Crippen LogP contribution is -2.46. The molecule has 0 aliphatic carbocycles. The molecule has 1 fully saturated rings. The van der Waals surface area contributed by atoms with Gasteiger partial charge in [0.2, 0.25) is 10.0 Å². The van der Waals surface area contributed by atoms with E-state index >= 15 is 0 Å². The summed E-state index contributed by atoms with van der Waals surface area (Å²) in [6.07, 6.45) is 0. The molecule has 71 valence electrons. The average Bonchev–Trinajstić information content (AvgIpc) is 2.06. The van der Waals surface area contributed by atoms with Crippen molar-refractivity contribution in [3.8, 4) is 0 Å². The van der Waals surface area contributed by atoms with E-state index in [0.29, 0.717) is 26.2 Å². The van der Waals surface area contributed by atoms with E-state index in [2.05, 4.69) is 5.32 Å². The van der Waals surface area contributed by atoms with Crippen LogP contribution in [0.3, 0.4) is 0 Å². The van der Waals surface area contributed by atoms with Crippen molar-refractivity contribution in [2.24, 2.45) is 0 Å². The summed E-state index contributed by atoms with van der Waals surface area (Å²) < 4.78 is 24.7. The van der Waals surface area contributed by atoms with Crippen LogP contribution in [0.25, 0.3) is 0 Å². The van der Waals surface area contributed by atoms with Gasteiger partial charge in [-0.2, -0.15) is 4.31 Å². The average molecular weight is 191 g/mol. The van der Waals surface area contributed by atoms with Crippen LogP contribution in [0.1, 0.15) is 13.8 Å². The Bertz CT molecular complexity index is 230. The molecular weight excluding hydrogens is 176 g/mol. The van der Waals surface area contributed by atoms with Crippen molar-refractivity contribution in [2.45, 2.75) is 19.1 Å². The van der Waals surface area contributed by atoms with Gasteiger partial charge >= 0.3 is 0 Å². The molecule has 0 amide bonds. The van der Waals surface area contributed by atoms with Crippen molar-refractivity contribution in [1.29, 1.82) is 0 Å². The molecule has 0 bridgehead atoms. The molecule has 0 N–H and O–H groups in total. The van der Waals surface area contributed by atoms with E-state index in [1.165, 1.54) is 4.31 Å². The summed E-state index contributed by atoms with van der Waals surface area (Å²) in [5, 5.41) is 3.78. The molecule has 1 saturated heterocycles. The molecule has 0 atom stereocenters. The van der Waals surface area contributed by atoms with Crippen molar-refractivity contribution < 1.29 is 8.42 Å². The van der Waals surface area contributed by atoms with Crippen LogP contribution in [0.2, 0.25) is 0 Å². The van der Waals surface area contributed by atoms with E-state index in [0.717, 1.165) is 0 Å². The van der Waals surface area contributed by atoms with E-state index in [9.17, 15) is 8.42 Å². The van der Waals surface area contributed by atoms with Gasteiger partial charge in [0.05, 0.1) is 5.25 Å². The molecule has 0 aromatic carbocycles. The predicted octanol–water partition coefficient (Wildman–Crippen LogP) is -0.355. The van der Waals surface area contributed by atoms with Gasteiger partial charge in [0.25, 0.3) is 0 Å². The van der Waals surface area contributed by atoms with Crippen LogP contribution in [-0.4, -0.2) is 44.2 Å². The lowest BCUT2D eigenvalue weighted by Gasteiger charge is -2.27. The molecule has 1 radical (unpaired) electrons. The molecule has 1 heterocycles. The van der Waals surface area contributed by atoms with Gasteiger partial charge in [-0.1, -0.05) is 0 Å². The van der Waals surface area contributed by atoms with Crippen molar-refractivity contribution in [3.05, 3.63) is 0 Å². The number of piperazine rings is 1. The first-order valence-electron chi connectivity index (χ1n) is 4.17. The third kappa shape index (κ3) is 1.97. The summed E-state index contributed by atoms with van der Waals surface area (Å²) in [5.41, 5.74) is 0. The van der Waals surface area contributed by atoms with Gasteiger partial charge in [0, 0.05) is 26.2 Å². The monoisotopic (exact) mass is 191 g/mol. The van der Waals surface area contributed by atoms with Crippen molar-refractivity contribution in [3.63, 3.8) is 0 Å². The minimum Gasteiger partial charge on any atom is -0.239 e. The highest BCUT2D eigenvalue weighted by atomic mass is 32.2. The van der Waals surface area contributed by atoms with Crippen molar-refractivity contribution in [2.75, 3.05) is 26.2 Å². The second-order valence-electron chi connectivity index (χ2n) is 3.16. The van der Waals surface area contributed by atoms with Gasteiger partial charge in [-0.25, -0.2) is 13.7 Å². The van der Waals surface area contributed by atoms with E-state index in [4.69, 9.17) is 0 Å². The van der Waals surface area contributed by atoms with E-state index in [-0.39, 0.29) is 5.25 Å². The zero-order chi connectivity index (χ0) is 9.19. The maximum Gasteiger partial charge on any atom is 0.216 e. The Labute approximate surface area is 74.0 Å². The quantitative estimate of drug-likeness (QED) is 0.599. The van der Waals surface area contributed by atoms with Crippen LogP contribution in [-0.2, 0) is 10.0 Å². The predicted molar refractivity (Wildman–Crippen MR) is 47.5 cm³/mol. The van der Waals surface area contributed by atoms with Gasteiger partial charge in [-0.3, -0.25) is 0 Å². The molecule has 4 nitrogen and oxygen atoms in total. The fraction of sp³-hybridized carbons (Fsp3) is 1.00. The second kappa shape index (κ2) is 3.72. The Kier molecular flexibility index (Phi) is 3.09. The molecule has 0 aromatic heterocycles. The third-order valence-corrected chi connectivity index (χ3v) is 4.25. The zero-order valence-electron chi connectivity index (χ0n) is 7.52. The van der Waals surface area contributed by atoms with Crippen LogP contribution in [0.4, 0.5) is 0 Å². The fourth-order valence-electron chi connectivity index (χ4n) is 1.14. The number of hydrogen-bond donors (Lipinski definition) is 0. The number of rotatable bonds is 2. The third-order valence-electron chi connectivity index (χ3n) is 1.97. The van der Waals surface area contributed by atoms with Crippen LogP contribution in [0.5, 0.6) is 0 Å². The van der Waals surface area contributed by atoms with Crippen LogP contribution in [0, 0.1) is 0 Å². The molecule has 0 aromatic rings. The van der Waals surface area contributed by atoms with Crippen LogP contribution >= 0.6 is 0 Å². The topological polar surface area (TPSA) is 51.5 Å². The van der Waals surface area contributed by atoms with Gasteiger partial charge in [-0.05, 0) is 13.8 Å². The molecule has 1 aliphatic heterocycles. The largest absolute Gasteiger partial charge is 0.239 e. The van der Waals surface area contributed by atoms with Crippen LogP contribution in [0.15, 0.2) is 0 Å². The Morgan fingerprint density at radius 3 is 2.17 bits per heavy atom. The summed E-state index contributed by atoms with van der Waals surface area (Å²) in [5.74, 6) is 0. The SMILES string of the molecule is CC(C)S(=O)(=O)N1CC[N]CC1. The minimum absolute atomic E-state index is 0.310. The lowest BCUT2D eigenvalue weighted by atomic mass is 10.4. The minimum atomic E-state index is -3.03. The Hall–Kier alpha value is -0.130. The summed E-state index contributed by atoms with van der Waals surface area (Å²) in [7, 11) is -3.03. The molecule has 0 saturated carbocycles. The van der Waals surface area contributed by atoms with Crippen molar-refractivity contribution in [1.82, 2.24) is 9.62 Å². The maximum absolute atomic E-state index is 11.6. The van der Waals surface area contributed by atoms with Gasteiger partial charge in [-0.15, -0.1) is 0 Å². The van der Waals surface area contributed by atoms with E-state index in [1.807, 2.05) is 0 Å². The summed E-state index contributed by atoms with van der Waals surface area (Å²) in [6.45, 7) is 5.82. The van der Waals surface area contributed by atoms with Gasteiger partial charge in [0.1, 0.15) is 0 Å². The van der Waals surface area contributed by atoms with Crippen molar-refractivity contribution >= 4 is 10.0 Å². The maximum atomic E-state index is 11.6. The Morgan fingerprint density at radius 2 is 1.75 bits per heavy atom. The normalized spacial score (nSPS) is 21.6. The molecule has 1 aliphatic rings. The first kappa shape index (κ1) is 9.95. The first-order valence-corrected chi connectivity index (χ1v) is 5.67. The van der Waals surface area contributed by atoms with Gasteiger partial charge < -0.3 is 0 Å². The summed E-state index contributed by atoms with van der Waals surface area (Å²) in [6, 6.07) is 0. The highest BCUT2D eigenvalue weighted by Crippen LogP contribution is 2.08. The number of hydrogen-bond acceptors (Lipinski definition) is 2. The molecule has 0 unspecified atom stereocenters. The fourth-order valence-corrected chi connectivity index (χ4v) is 2.41. The van der Waals surface area contributed by atoms with Crippen LogP contribution < -0.4 is 5.32 Å². The highest BCUT2D eigenvalue weighted by Gasteiger charge is 2.26. The van der Waals surface area contributed by atoms with E-state index in [1.54, 1.807) is 13.8 Å². The first-order chi connectivity index (χ1) is 5.55. The Morgan fingerprint density at radius 1 is 1.25 bits per heavy atom.